The fourth-order valence-corrected chi connectivity index (χ4v) is 3.82. The Bertz CT molecular complexity index is 450. The molecule has 3 heteroatoms. The van der Waals surface area contributed by atoms with Crippen molar-refractivity contribution >= 4 is 11.6 Å². The van der Waals surface area contributed by atoms with E-state index in [2.05, 4.69) is 6.92 Å². The van der Waals surface area contributed by atoms with Crippen LogP contribution in [0.15, 0.2) is 24.3 Å². The Hall–Kier alpha value is -0.570. The molecular weight excluding hydrogens is 270 g/mol. The monoisotopic (exact) mass is 295 g/mol. The topological polar surface area (TPSA) is 46.2 Å². The highest BCUT2D eigenvalue weighted by Gasteiger charge is 2.48. The molecule has 1 aromatic carbocycles. The van der Waals surface area contributed by atoms with Gasteiger partial charge >= 0.3 is 0 Å². The summed E-state index contributed by atoms with van der Waals surface area (Å²) >= 11 is 6.08. The molecule has 1 aromatic rings. The van der Waals surface area contributed by atoms with Crippen molar-refractivity contribution < 1.29 is 5.11 Å². The zero-order valence-electron chi connectivity index (χ0n) is 12.5. The van der Waals surface area contributed by atoms with E-state index in [-0.39, 0.29) is 5.41 Å². The van der Waals surface area contributed by atoms with Crippen molar-refractivity contribution in [2.24, 2.45) is 17.1 Å². The van der Waals surface area contributed by atoms with Gasteiger partial charge in [0, 0.05) is 17.0 Å². The molecule has 0 radical (unpaired) electrons. The van der Waals surface area contributed by atoms with Crippen molar-refractivity contribution in [3.8, 4) is 0 Å². The van der Waals surface area contributed by atoms with E-state index in [0.29, 0.717) is 11.6 Å². The first-order valence-corrected chi connectivity index (χ1v) is 8.01. The van der Waals surface area contributed by atoms with Crippen LogP contribution in [-0.2, 0) is 5.60 Å². The lowest BCUT2D eigenvalue weighted by molar-refractivity contribution is -0.0981. The number of aliphatic hydroxyl groups is 1. The van der Waals surface area contributed by atoms with Gasteiger partial charge in [0.2, 0.25) is 0 Å². The number of benzene rings is 1. The van der Waals surface area contributed by atoms with Crippen molar-refractivity contribution in [3.63, 3.8) is 0 Å². The van der Waals surface area contributed by atoms with Crippen LogP contribution in [0.5, 0.6) is 0 Å². The normalized spacial score (nSPS) is 29.9. The van der Waals surface area contributed by atoms with E-state index in [1.165, 1.54) is 6.42 Å². The van der Waals surface area contributed by atoms with Gasteiger partial charge in [0.05, 0.1) is 5.60 Å². The van der Waals surface area contributed by atoms with Crippen molar-refractivity contribution in [1.82, 2.24) is 0 Å². The summed E-state index contributed by atoms with van der Waals surface area (Å²) in [6, 6.07) is 7.55. The lowest BCUT2D eigenvalue weighted by Crippen LogP contribution is -2.50. The lowest BCUT2D eigenvalue weighted by atomic mass is 9.59. The van der Waals surface area contributed by atoms with Gasteiger partial charge < -0.3 is 10.8 Å². The van der Waals surface area contributed by atoms with E-state index in [4.69, 9.17) is 17.3 Å². The molecule has 2 rings (SSSR count). The second kappa shape index (κ2) is 6.05. The molecule has 1 unspecified atom stereocenters. The van der Waals surface area contributed by atoms with Gasteiger partial charge in [-0.2, -0.15) is 0 Å². The van der Waals surface area contributed by atoms with E-state index in [1.54, 1.807) is 0 Å². The highest BCUT2D eigenvalue weighted by atomic mass is 35.5. The quantitative estimate of drug-likeness (QED) is 0.879. The van der Waals surface area contributed by atoms with Crippen LogP contribution in [0.25, 0.3) is 0 Å². The summed E-state index contributed by atoms with van der Waals surface area (Å²) in [5.41, 5.74) is 5.82. The molecule has 3 N–H and O–H groups in total. The first-order chi connectivity index (χ1) is 9.45. The number of nitrogens with two attached hydrogens (primary N) is 1. The summed E-state index contributed by atoms with van der Waals surface area (Å²) in [5, 5.41) is 11.9. The standard InChI is InChI=1S/C17H26ClNO/c1-3-13-7-9-17(12-19,10-8-13)16(2,20)14-5-4-6-15(18)11-14/h4-6,11,13,20H,3,7-10,12,19H2,1-2H3. The molecule has 0 saturated heterocycles. The van der Waals surface area contributed by atoms with Crippen LogP contribution in [0.3, 0.4) is 0 Å². The molecule has 0 aromatic heterocycles. The van der Waals surface area contributed by atoms with Crippen molar-refractivity contribution in [1.29, 1.82) is 0 Å². The van der Waals surface area contributed by atoms with Crippen LogP contribution >= 0.6 is 11.6 Å². The molecular formula is C17H26ClNO. The second-order valence-corrected chi connectivity index (χ2v) is 6.86. The highest BCUT2D eigenvalue weighted by Crippen LogP contribution is 2.51. The number of hydrogen-bond donors (Lipinski definition) is 2. The minimum atomic E-state index is -0.925. The maximum atomic E-state index is 11.2. The SMILES string of the molecule is CCC1CCC(CN)(C(C)(O)c2cccc(Cl)c2)CC1. The molecule has 1 atom stereocenters. The van der Waals surface area contributed by atoms with Crippen LogP contribution in [-0.4, -0.2) is 11.7 Å². The Balaban J connectivity index is 2.30. The predicted octanol–water partition coefficient (Wildman–Crippen LogP) is 4.09. The molecule has 0 spiro atoms. The summed E-state index contributed by atoms with van der Waals surface area (Å²) in [5.74, 6) is 0.782. The van der Waals surface area contributed by atoms with Gasteiger partial charge in [-0.15, -0.1) is 0 Å². The van der Waals surface area contributed by atoms with Gasteiger partial charge in [-0.25, -0.2) is 0 Å². The third-order valence-corrected chi connectivity index (χ3v) is 5.68. The molecule has 0 amide bonds. The molecule has 1 saturated carbocycles. The Kier molecular flexibility index (Phi) is 4.78. The van der Waals surface area contributed by atoms with E-state index in [9.17, 15) is 5.11 Å². The minimum Gasteiger partial charge on any atom is -0.385 e. The van der Waals surface area contributed by atoms with Gasteiger partial charge in [0.1, 0.15) is 0 Å². The summed E-state index contributed by atoms with van der Waals surface area (Å²) in [6.07, 6.45) is 5.51. The van der Waals surface area contributed by atoms with Gasteiger partial charge in [-0.3, -0.25) is 0 Å². The van der Waals surface area contributed by atoms with Gasteiger partial charge in [-0.05, 0) is 56.2 Å². The zero-order chi connectivity index (χ0) is 14.8. The second-order valence-electron chi connectivity index (χ2n) is 6.42. The van der Waals surface area contributed by atoms with E-state index in [1.807, 2.05) is 31.2 Å². The van der Waals surface area contributed by atoms with Crippen molar-refractivity contribution in [2.45, 2.75) is 51.6 Å². The maximum absolute atomic E-state index is 11.2. The number of halogens is 1. The Morgan fingerprint density at radius 2 is 2.05 bits per heavy atom. The molecule has 112 valence electrons. The average Bonchev–Trinajstić information content (AvgIpc) is 2.47. The first kappa shape index (κ1) is 15.8. The predicted molar refractivity (Wildman–Crippen MR) is 84.8 cm³/mol. The van der Waals surface area contributed by atoms with E-state index >= 15 is 0 Å². The smallest absolute Gasteiger partial charge is 0.0937 e. The lowest BCUT2D eigenvalue weighted by Gasteiger charge is -2.49. The van der Waals surface area contributed by atoms with Crippen LogP contribution in [0.1, 0.15) is 51.5 Å². The molecule has 1 aliphatic carbocycles. The molecule has 20 heavy (non-hydrogen) atoms. The third kappa shape index (κ3) is 2.74. The molecule has 0 heterocycles. The Labute approximate surface area is 127 Å². The Morgan fingerprint density at radius 1 is 1.40 bits per heavy atom. The van der Waals surface area contributed by atoms with E-state index < -0.39 is 5.60 Å². The molecule has 0 aliphatic heterocycles. The Morgan fingerprint density at radius 3 is 2.55 bits per heavy atom. The summed E-state index contributed by atoms with van der Waals surface area (Å²) in [7, 11) is 0. The largest absolute Gasteiger partial charge is 0.385 e. The molecule has 1 fully saturated rings. The van der Waals surface area contributed by atoms with Crippen molar-refractivity contribution in [3.05, 3.63) is 34.9 Å². The minimum absolute atomic E-state index is 0.233. The van der Waals surface area contributed by atoms with E-state index in [0.717, 1.165) is 37.2 Å². The number of rotatable bonds is 4. The van der Waals surface area contributed by atoms with Crippen LogP contribution in [0.2, 0.25) is 5.02 Å². The first-order valence-electron chi connectivity index (χ1n) is 7.63. The van der Waals surface area contributed by atoms with Gasteiger partial charge in [0.25, 0.3) is 0 Å². The van der Waals surface area contributed by atoms with Crippen LogP contribution < -0.4 is 5.73 Å². The highest BCUT2D eigenvalue weighted by molar-refractivity contribution is 6.30. The summed E-state index contributed by atoms with van der Waals surface area (Å²) < 4.78 is 0. The molecule has 0 bridgehead atoms. The molecule has 2 nitrogen and oxygen atoms in total. The van der Waals surface area contributed by atoms with Crippen LogP contribution in [0.4, 0.5) is 0 Å². The fourth-order valence-electron chi connectivity index (χ4n) is 3.63. The van der Waals surface area contributed by atoms with Gasteiger partial charge in [-0.1, -0.05) is 37.1 Å². The summed E-state index contributed by atoms with van der Waals surface area (Å²) in [4.78, 5) is 0. The van der Waals surface area contributed by atoms with Gasteiger partial charge in [0.15, 0.2) is 0 Å². The third-order valence-electron chi connectivity index (χ3n) is 5.45. The van der Waals surface area contributed by atoms with Crippen LogP contribution in [0, 0.1) is 11.3 Å². The molecule has 1 aliphatic rings. The number of hydrogen-bond acceptors (Lipinski definition) is 2. The maximum Gasteiger partial charge on any atom is 0.0937 e. The zero-order valence-corrected chi connectivity index (χ0v) is 13.3. The summed E-state index contributed by atoms with van der Waals surface area (Å²) in [6.45, 7) is 4.66. The van der Waals surface area contributed by atoms with Crippen molar-refractivity contribution in [2.75, 3.05) is 6.54 Å². The fraction of sp³-hybridized carbons (Fsp3) is 0.647. The average molecular weight is 296 g/mol.